The number of hydrogen-bond acceptors (Lipinski definition) is 4. The average Bonchev–Trinajstić information content (AvgIpc) is 2.83. The first-order valence-electron chi connectivity index (χ1n) is 11.8. The number of anilines is 1. The third kappa shape index (κ3) is 6.43. The van der Waals surface area contributed by atoms with Crippen LogP contribution in [0.3, 0.4) is 0 Å². The van der Waals surface area contributed by atoms with Crippen LogP contribution in [0, 0.1) is 6.92 Å². The van der Waals surface area contributed by atoms with E-state index in [0.717, 1.165) is 43.6 Å². The summed E-state index contributed by atoms with van der Waals surface area (Å²) in [6, 6.07) is 21.2. The minimum atomic E-state index is -0.969. The minimum Gasteiger partial charge on any atom is -0.482 e. The lowest BCUT2D eigenvalue weighted by Crippen LogP contribution is -2.42. The number of benzene rings is 3. The smallest absolute Gasteiger partial charge is 0.341 e. The standard InChI is InChI=1S/C28H33NO4.ClH/c1-20(25-12-6-9-22-8-3-4-11-26(22)25)7-5-10-24-18-29(15-16-32-24)23-14-13-21(2)27(17-23)33-19-28(30)31;/h3-4,6,8-9,11-14,17,20,24H,5,7,10,15-16,18-19H2,1-2H3,(H,30,31);1H/t20-,24?;/m0./s1. The Labute approximate surface area is 208 Å². The van der Waals surface area contributed by atoms with Gasteiger partial charge in [-0.15, -0.1) is 12.4 Å². The molecule has 0 saturated carbocycles. The Morgan fingerprint density at radius 3 is 2.79 bits per heavy atom. The van der Waals surface area contributed by atoms with Crippen LogP contribution in [0.2, 0.25) is 0 Å². The summed E-state index contributed by atoms with van der Waals surface area (Å²) in [5.41, 5.74) is 3.42. The van der Waals surface area contributed by atoms with Crippen molar-refractivity contribution in [1.29, 1.82) is 0 Å². The van der Waals surface area contributed by atoms with Crippen LogP contribution in [0.4, 0.5) is 5.69 Å². The van der Waals surface area contributed by atoms with Gasteiger partial charge in [-0.2, -0.15) is 0 Å². The zero-order chi connectivity index (χ0) is 23.2. The van der Waals surface area contributed by atoms with Crippen molar-refractivity contribution in [3.63, 3.8) is 0 Å². The van der Waals surface area contributed by atoms with Crippen molar-refractivity contribution >= 4 is 34.8 Å². The molecule has 0 amide bonds. The summed E-state index contributed by atoms with van der Waals surface area (Å²) in [4.78, 5) is 13.2. The van der Waals surface area contributed by atoms with Gasteiger partial charge in [-0.1, -0.05) is 61.9 Å². The molecule has 3 aromatic rings. The van der Waals surface area contributed by atoms with E-state index >= 15 is 0 Å². The molecule has 1 aliphatic rings. The number of nitrogens with zero attached hydrogens (tertiary/aromatic N) is 1. The van der Waals surface area contributed by atoms with Crippen molar-refractivity contribution in [2.45, 2.75) is 45.1 Å². The molecular weight excluding hydrogens is 450 g/mol. The second kappa shape index (κ2) is 12.1. The highest BCUT2D eigenvalue weighted by molar-refractivity contribution is 5.86. The zero-order valence-electron chi connectivity index (χ0n) is 19.9. The number of carboxylic acid groups (broad SMARTS) is 1. The van der Waals surface area contributed by atoms with E-state index in [2.05, 4.69) is 60.4 Å². The van der Waals surface area contributed by atoms with Gasteiger partial charge in [0.2, 0.25) is 0 Å². The lowest BCUT2D eigenvalue weighted by atomic mass is 9.90. The molecule has 1 unspecified atom stereocenters. The number of carbonyl (C=O) groups is 1. The van der Waals surface area contributed by atoms with E-state index in [-0.39, 0.29) is 25.1 Å². The maximum Gasteiger partial charge on any atom is 0.341 e. The Morgan fingerprint density at radius 2 is 1.97 bits per heavy atom. The number of carboxylic acids is 1. The largest absolute Gasteiger partial charge is 0.482 e. The summed E-state index contributed by atoms with van der Waals surface area (Å²) < 4.78 is 11.5. The monoisotopic (exact) mass is 483 g/mol. The number of aryl methyl sites for hydroxylation is 1. The second-order valence-electron chi connectivity index (χ2n) is 8.97. The number of ether oxygens (including phenoxy) is 2. The van der Waals surface area contributed by atoms with E-state index in [1.165, 1.54) is 16.3 Å². The van der Waals surface area contributed by atoms with Gasteiger partial charge in [0.25, 0.3) is 0 Å². The van der Waals surface area contributed by atoms with Gasteiger partial charge >= 0.3 is 5.97 Å². The fourth-order valence-corrected chi connectivity index (χ4v) is 4.70. The molecule has 182 valence electrons. The molecule has 3 aromatic carbocycles. The van der Waals surface area contributed by atoms with Crippen molar-refractivity contribution in [2.24, 2.45) is 0 Å². The summed E-state index contributed by atoms with van der Waals surface area (Å²) in [5.74, 6) is 0.160. The Morgan fingerprint density at radius 1 is 1.18 bits per heavy atom. The van der Waals surface area contributed by atoms with Crippen LogP contribution < -0.4 is 9.64 Å². The van der Waals surface area contributed by atoms with Crippen LogP contribution in [0.25, 0.3) is 10.8 Å². The summed E-state index contributed by atoms with van der Waals surface area (Å²) in [7, 11) is 0. The average molecular weight is 484 g/mol. The first kappa shape index (κ1) is 25.9. The summed E-state index contributed by atoms with van der Waals surface area (Å²) in [5, 5.41) is 11.6. The molecule has 2 atom stereocenters. The predicted molar refractivity (Wildman–Crippen MR) is 140 cm³/mol. The quantitative estimate of drug-likeness (QED) is 0.392. The zero-order valence-corrected chi connectivity index (χ0v) is 20.7. The highest BCUT2D eigenvalue weighted by Gasteiger charge is 2.22. The number of morpholine rings is 1. The Balaban J connectivity index is 0.00000324. The van der Waals surface area contributed by atoms with Crippen LogP contribution >= 0.6 is 12.4 Å². The fourth-order valence-electron chi connectivity index (χ4n) is 4.70. The Hall–Kier alpha value is -2.76. The van der Waals surface area contributed by atoms with Gasteiger partial charge in [-0.25, -0.2) is 4.79 Å². The topological polar surface area (TPSA) is 59.0 Å². The van der Waals surface area contributed by atoms with E-state index in [9.17, 15) is 4.79 Å². The number of aliphatic carboxylic acids is 1. The molecule has 0 spiro atoms. The van der Waals surface area contributed by atoms with Crippen molar-refractivity contribution < 1.29 is 19.4 Å². The molecule has 4 rings (SSSR count). The number of hydrogen-bond donors (Lipinski definition) is 1. The maximum absolute atomic E-state index is 10.9. The van der Waals surface area contributed by atoms with E-state index in [1.807, 2.05) is 19.1 Å². The number of fused-ring (bicyclic) bond motifs is 1. The van der Waals surface area contributed by atoms with Crippen LogP contribution in [-0.4, -0.2) is 43.5 Å². The van der Waals surface area contributed by atoms with Gasteiger partial charge in [0.05, 0.1) is 12.7 Å². The van der Waals surface area contributed by atoms with Crippen LogP contribution in [0.5, 0.6) is 5.75 Å². The lowest BCUT2D eigenvalue weighted by molar-refractivity contribution is -0.139. The molecule has 6 heteroatoms. The summed E-state index contributed by atoms with van der Waals surface area (Å²) in [6.07, 6.45) is 3.47. The fraction of sp³-hybridized carbons (Fsp3) is 0.393. The van der Waals surface area contributed by atoms with Crippen LogP contribution in [0.15, 0.2) is 60.7 Å². The molecule has 5 nitrogen and oxygen atoms in total. The first-order chi connectivity index (χ1) is 16.0. The molecule has 1 N–H and O–H groups in total. The van der Waals surface area contributed by atoms with Gasteiger partial charge in [0.15, 0.2) is 6.61 Å². The molecule has 0 aromatic heterocycles. The van der Waals surface area contributed by atoms with E-state index in [4.69, 9.17) is 14.6 Å². The van der Waals surface area contributed by atoms with Crippen molar-refractivity contribution in [3.8, 4) is 5.75 Å². The first-order valence-corrected chi connectivity index (χ1v) is 11.8. The third-order valence-corrected chi connectivity index (χ3v) is 6.54. The highest BCUT2D eigenvalue weighted by Crippen LogP contribution is 2.30. The Bertz CT molecular complexity index is 1100. The van der Waals surface area contributed by atoms with Crippen molar-refractivity contribution in [1.82, 2.24) is 0 Å². The molecule has 1 aliphatic heterocycles. The molecule has 1 fully saturated rings. The predicted octanol–water partition coefficient (Wildman–Crippen LogP) is 6.21. The van der Waals surface area contributed by atoms with Gasteiger partial charge in [-0.05, 0) is 53.6 Å². The molecule has 1 heterocycles. The molecule has 34 heavy (non-hydrogen) atoms. The summed E-state index contributed by atoms with van der Waals surface area (Å²) >= 11 is 0. The van der Waals surface area contributed by atoms with Gasteiger partial charge in [0.1, 0.15) is 5.75 Å². The summed E-state index contributed by atoms with van der Waals surface area (Å²) in [6.45, 7) is 6.28. The van der Waals surface area contributed by atoms with Gasteiger partial charge in [-0.3, -0.25) is 0 Å². The van der Waals surface area contributed by atoms with Gasteiger partial charge < -0.3 is 19.5 Å². The van der Waals surface area contributed by atoms with E-state index in [0.29, 0.717) is 18.3 Å². The Kier molecular flexibility index (Phi) is 9.20. The number of halogens is 1. The normalized spacial score (nSPS) is 16.6. The number of rotatable bonds is 9. The highest BCUT2D eigenvalue weighted by atomic mass is 35.5. The SMILES string of the molecule is Cc1ccc(N2CCOC(CCC[C@H](C)c3cccc4ccccc34)C2)cc1OCC(=O)O.Cl. The van der Waals surface area contributed by atoms with E-state index in [1.54, 1.807) is 0 Å². The minimum absolute atomic E-state index is 0. The van der Waals surface area contributed by atoms with Crippen LogP contribution in [0.1, 0.15) is 43.2 Å². The third-order valence-electron chi connectivity index (χ3n) is 6.54. The lowest BCUT2D eigenvalue weighted by Gasteiger charge is -2.35. The van der Waals surface area contributed by atoms with Crippen molar-refractivity contribution in [2.75, 3.05) is 31.2 Å². The van der Waals surface area contributed by atoms with Crippen molar-refractivity contribution in [3.05, 3.63) is 71.8 Å². The van der Waals surface area contributed by atoms with Gasteiger partial charge in [0, 0.05) is 24.8 Å². The van der Waals surface area contributed by atoms with Crippen LogP contribution in [-0.2, 0) is 9.53 Å². The molecule has 0 radical (unpaired) electrons. The maximum atomic E-state index is 10.9. The molecule has 0 bridgehead atoms. The molecule has 0 aliphatic carbocycles. The molecule has 1 saturated heterocycles. The van der Waals surface area contributed by atoms with E-state index < -0.39 is 5.97 Å². The second-order valence-corrected chi connectivity index (χ2v) is 8.97. The molecular formula is C28H34ClNO4.